The number of hydrogen-bond acceptors (Lipinski definition) is 6. The van der Waals surface area contributed by atoms with E-state index in [2.05, 4.69) is 20.3 Å². The van der Waals surface area contributed by atoms with Crippen LogP contribution in [0.25, 0.3) is 17.1 Å². The normalized spacial score (nSPS) is 16.6. The predicted octanol–water partition coefficient (Wildman–Crippen LogP) is 5.85. The minimum Gasteiger partial charge on any atom is -0.450 e. The number of hydrogen-bond donors (Lipinski definition) is 2. The molecule has 2 N–H and O–H groups in total. The molecular weight excluding hydrogens is 440 g/mol. The van der Waals surface area contributed by atoms with Gasteiger partial charge in [-0.1, -0.05) is 23.7 Å². The Kier molecular flexibility index (Phi) is 5.12. The fraction of sp³-hybridized carbons (Fsp3) is 0. The van der Waals surface area contributed by atoms with E-state index in [-0.39, 0.29) is 5.91 Å². The van der Waals surface area contributed by atoms with Gasteiger partial charge in [0.05, 0.1) is 21.6 Å². The first-order valence-electron chi connectivity index (χ1n) is 8.90. The van der Waals surface area contributed by atoms with Crippen LogP contribution in [-0.2, 0) is 4.79 Å². The summed E-state index contributed by atoms with van der Waals surface area (Å²) in [5.41, 5.74) is 2.59. The number of H-pyrrole nitrogens is 1. The van der Waals surface area contributed by atoms with Gasteiger partial charge in [-0.25, -0.2) is 9.98 Å². The molecule has 0 atom stereocenters. The molecule has 2 aromatic carbocycles. The van der Waals surface area contributed by atoms with Gasteiger partial charge in [0.15, 0.2) is 15.4 Å². The number of halogens is 1. The van der Waals surface area contributed by atoms with Crippen LogP contribution < -0.4 is 5.32 Å². The van der Waals surface area contributed by atoms with Gasteiger partial charge >= 0.3 is 0 Å². The van der Waals surface area contributed by atoms with E-state index in [4.69, 9.17) is 16.0 Å². The van der Waals surface area contributed by atoms with Crippen molar-refractivity contribution in [2.45, 2.75) is 10.2 Å². The molecule has 0 radical (unpaired) electrons. The number of nitrogens with zero attached hydrogens (tertiary/aromatic N) is 2. The lowest BCUT2D eigenvalue weighted by molar-refractivity contribution is -0.115. The molecule has 9 heteroatoms. The van der Waals surface area contributed by atoms with Gasteiger partial charge in [0.25, 0.3) is 5.91 Å². The second kappa shape index (κ2) is 8.06. The molecule has 3 heterocycles. The zero-order chi connectivity index (χ0) is 20.5. The lowest BCUT2D eigenvalue weighted by Gasteiger charge is -1.96. The van der Waals surface area contributed by atoms with Crippen molar-refractivity contribution in [1.29, 1.82) is 0 Å². The number of carbonyl (C=O) groups is 1. The van der Waals surface area contributed by atoms with E-state index in [0.29, 0.717) is 31.6 Å². The number of thioether (sulfide) groups is 1. The summed E-state index contributed by atoms with van der Waals surface area (Å²) in [4.78, 5) is 25.0. The van der Waals surface area contributed by atoms with Crippen molar-refractivity contribution < 1.29 is 9.21 Å². The third-order valence-corrected chi connectivity index (χ3v) is 6.12. The summed E-state index contributed by atoms with van der Waals surface area (Å²) in [5.74, 6) is 0.370. The predicted molar refractivity (Wildman–Crippen MR) is 121 cm³/mol. The van der Waals surface area contributed by atoms with Crippen LogP contribution in [0.2, 0.25) is 5.02 Å². The molecule has 1 amide bonds. The summed E-state index contributed by atoms with van der Waals surface area (Å²) in [6, 6.07) is 18.6. The molecule has 1 fully saturated rings. The number of carbonyl (C=O) groups excluding carboxylic acids is 1. The SMILES string of the molecule is O=C1NC(=Nc2ccc(Cl)cc2)S/C1=C/c1ccc(Sc2nc3ccccc3[nH]2)o1. The van der Waals surface area contributed by atoms with E-state index in [1.165, 1.54) is 23.5 Å². The maximum absolute atomic E-state index is 12.3. The Morgan fingerprint density at radius 3 is 2.77 bits per heavy atom. The Labute approximate surface area is 184 Å². The van der Waals surface area contributed by atoms with Gasteiger partial charge in [0.1, 0.15) is 5.76 Å². The smallest absolute Gasteiger partial charge is 0.264 e. The van der Waals surface area contributed by atoms with Crippen LogP contribution >= 0.6 is 35.1 Å². The highest BCUT2D eigenvalue weighted by atomic mass is 35.5. The number of amides is 1. The van der Waals surface area contributed by atoms with Crippen LogP contribution in [0, 0.1) is 0 Å². The average Bonchev–Trinajstić information content (AvgIpc) is 3.43. The Hall–Kier alpha value is -2.94. The molecule has 0 unspecified atom stereocenters. The molecule has 30 heavy (non-hydrogen) atoms. The lowest BCUT2D eigenvalue weighted by atomic mass is 10.3. The van der Waals surface area contributed by atoms with E-state index in [1.54, 1.807) is 30.3 Å². The molecule has 0 saturated carbocycles. The average molecular weight is 453 g/mol. The molecule has 6 nitrogen and oxygen atoms in total. The fourth-order valence-corrected chi connectivity index (χ4v) is 4.50. The summed E-state index contributed by atoms with van der Waals surface area (Å²) >= 11 is 8.54. The summed E-state index contributed by atoms with van der Waals surface area (Å²) in [5, 5.41) is 5.33. The third kappa shape index (κ3) is 4.16. The van der Waals surface area contributed by atoms with Crippen molar-refractivity contribution in [3.05, 3.63) is 76.4 Å². The summed E-state index contributed by atoms with van der Waals surface area (Å²) < 4.78 is 5.84. The van der Waals surface area contributed by atoms with Crippen LogP contribution in [0.1, 0.15) is 5.76 Å². The van der Waals surface area contributed by atoms with Crippen LogP contribution in [0.5, 0.6) is 0 Å². The van der Waals surface area contributed by atoms with Crippen LogP contribution in [0.15, 0.2) is 85.2 Å². The molecule has 148 valence electrons. The number of aromatic nitrogens is 2. The highest BCUT2D eigenvalue weighted by Gasteiger charge is 2.24. The van der Waals surface area contributed by atoms with E-state index in [1.807, 2.05) is 36.4 Å². The molecule has 2 aromatic heterocycles. The maximum Gasteiger partial charge on any atom is 0.264 e. The highest BCUT2D eigenvalue weighted by molar-refractivity contribution is 8.18. The Morgan fingerprint density at radius 2 is 1.93 bits per heavy atom. The molecule has 4 aromatic rings. The number of benzene rings is 2. The van der Waals surface area contributed by atoms with Crippen molar-refractivity contribution >= 4 is 69.0 Å². The molecule has 0 aliphatic carbocycles. The molecule has 0 bridgehead atoms. The van der Waals surface area contributed by atoms with Crippen molar-refractivity contribution in [2.75, 3.05) is 0 Å². The quantitative estimate of drug-likeness (QED) is 0.379. The largest absolute Gasteiger partial charge is 0.450 e. The molecule has 0 spiro atoms. The monoisotopic (exact) mass is 452 g/mol. The Morgan fingerprint density at radius 1 is 1.10 bits per heavy atom. The van der Waals surface area contributed by atoms with Gasteiger partial charge in [-0.3, -0.25) is 4.79 Å². The second-order valence-corrected chi connectivity index (χ2v) is 8.74. The zero-order valence-corrected chi connectivity index (χ0v) is 17.6. The molecule has 1 aliphatic heterocycles. The first-order valence-corrected chi connectivity index (χ1v) is 10.9. The first-order chi connectivity index (χ1) is 14.6. The topological polar surface area (TPSA) is 83.3 Å². The summed E-state index contributed by atoms with van der Waals surface area (Å²) in [7, 11) is 0. The lowest BCUT2D eigenvalue weighted by Crippen LogP contribution is -2.19. The van der Waals surface area contributed by atoms with Gasteiger partial charge in [-0.05, 0) is 72.1 Å². The van der Waals surface area contributed by atoms with Crippen LogP contribution in [0.3, 0.4) is 0 Å². The number of aromatic amines is 1. The molecule has 1 saturated heterocycles. The standard InChI is InChI=1S/C21H13ClN4O2S2/c22-12-5-7-13(8-6-12)23-20-26-19(27)17(29-20)11-14-9-10-18(28-14)30-21-24-15-3-1-2-4-16(15)25-21/h1-11H,(H,24,25)(H,23,26,27)/b17-11+. The van der Waals surface area contributed by atoms with E-state index < -0.39 is 0 Å². The van der Waals surface area contributed by atoms with Crippen molar-refractivity contribution in [2.24, 2.45) is 4.99 Å². The van der Waals surface area contributed by atoms with E-state index in [9.17, 15) is 4.79 Å². The minimum absolute atomic E-state index is 0.212. The Balaban J connectivity index is 1.31. The molecule has 1 aliphatic rings. The third-order valence-electron chi connectivity index (χ3n) is 4.15. The maximum atomic E-state index is 12.3. The number of amidine groups is 1. The van der Waals surface area contributed by atoms with Crippen LogP contribution in [0.4, 0.5) is 5.69 Å². The van der Waals surface area contributed by atoms with Gasteiger partial charge in [-0.2, -0.15) is 0 Å². The van der Waals surface area contributed by atoms with Gasteiger partial charge in [-0.15, -0.1) is 0 Å². The van der Waals surface area contributed by atoms with E-state index in [0.717, 1.165) is 16.2 Å². The van der Waals surface area contributed by atoms with E-state index >= 15 is 0 Å². The number of nitrogens with one attached hydrogen (secondary N) is 2. The second-order valence-electron chi connectivity index (χ2n) is 6.28. The van der Waals surface area contributed by atoms with Crippen molar-refractivity contribution in [3.8, 4) is 0 Å². The number of furan rings is 1. The number of para-hydroxylation sites is 2. The van der Waals surface area contributed by atoms with Gasteiger partial charge < -0.3 is 14.7 Å². The highest BCUT2D eigenvalue weighted by Crippen LogP contribution is 2.32. The zero-order valence-electron chi connectivity index (χ0n) is 15.3. The Bertz CT molecular complexity index is 1280. The molecular formula is C21H13ClN4O2S2. The van der Waals surface area contributed by atoms with Gasteiger partial charge in [0.2, 0.25) is 0 Å². The van der Waals surface area contributed by atoms with Gasteiger partial charge in [0, 0.05) is 11.1 Å². The van der Waals surface area contributed by atoms with Crippen molar-refractivity contribution in [3.63, 3.8) is 0 Å². The number of rotatable bonds is 4. The minimum atomic E-state index is -0.212. The first kappa shape index (κ1) is 19.0. The van der Waals surface area contributed by atoms with Crippen molar-refractivity contribution in [1.82, 2.24) is 15.3 Å². The summed E-state index contributed by atoms with van der Waals surface area (Å²) in [6.45, 7) is 0. The molecule has 5 rings (SSSR count). The number of aliphatic imine (C=N–C) groups is 1. The fourth-order valence-electron chi connectivity index (χ4n) is 2.78. The van der Waals surface area contributed by atoms with Crippen LogP contribution in [-0.4, -0.2) is 21.0 Å². The summed E-state index contributed by atoms with van der Waals surface area (Å²) in [6.07, 6.45) is 1.70. The number of imidazole rings is 1. The number of fused-ring (bicyclic) bond motifs is 1.